The Morgan fingerprint density at radius 1 is 0.889 bits per heavy atom. The van der Waals surface area contributed by atoms with Crippen molar-refractivity contribution in [2.75, 3.05) is 13.1 Å². The van der Waals surface area contributed by atoms with Gasteiger partial charge in [-0.3, -0.25) is 30.1 Å². The van der Waals surface area contributed by atoms with E-state index in [9.17, 15) is 19.2 Å². The first-order valence-electron chi connectivity index (χ1n) is 11.7. The molecule has 1 heterocycles. The molecule has 2 aromatic carbocycles. The first-order chi connectivity index (χ1) is 17.4. The van der Waals surface area contributed by atoms with E-state index < -0.39 is 12.2 Å². The maximum atomic E-state index is 12.3. The van der Waals surface area contributed by atoms with Crippen molar-refractivity contribution in [2.24, 2.45) is 10.9 Å². The minimum absolute atomic E-state index is 0.0606. The molecule has 36 heavy (non-hydrogen) atoms. The average Bonchev–Trinajstić information content (AvgIpc) is 2.88. The van der Waals surface area contributed by atoms with Crippen LogP contribution in [-0.4, -0.2) is 47.9 Å². The van der Waals surface area contributed by atoms with E-state index >= 15 is 0 Å². The monoisotopic (exact) mass is 494 g/mol. The van der Waals surface area contributed by atoms with Crippen LogP contribution in [0.1, 0.15) is 37.3 Å². The number of imide groups is 1. The third-order valence-corrected chi connectivity index (χ3v) is 5.50. The zero-order valence-electron chi connectivity index (χ0n) is 20.1. The number of benzene rings is 2. The molecule has 1 aliphatic heterocycles. The fraction of sp³-hybridized carbons (Fsp3) is 0.346. The highest BCUT2D eigenvalue weighted by Gasteiger charge is 2.38. The van der Waals surface area contributed by atoms with E-state index in [4.69, 9.17) is 9.47 Å². The zero-order valence-corrected chi connectivity index (χ0v) is 20.1. The van der Waals surface area contributed by atoms with Gasteiger partial charge in [0.1, 0.15) is 13.2 Å². The van der Waals surface area contributed by atoms with Crippen molar-refractivity contribution in [3.05, 3.63) is 71.8 Å². The van der Waals surface area contributed by atoms with Crippen LogP contribution in [0.5, 0.6) is 0 Å². The molecular formula is C26H30N4O6. The Morgan fingerprint density at radius 3 is 1.89 bits per heavy atom. The summed E-state index contributed by atoms with van der Waals surface area (Å²) in [6.45, 7) is 2.24. The highest BCUT2D eigenvalue weighted by atomic mass is 16.6. The second-order valence-electron chi connectivity index (χ2n) is 8.26. The van der Waals surface area contributed by atoms with Crippen LogP contribution < -0.4 is 10.6 Å². The van der Waals surface area contributed by atoms with Crippen molar-refractivity contribution in [1.82, 2.24) is 15.5 Å². The topological polar surface area (TPSA) is 126 Å². The van der Waals surface area contributed by atoms with Crippen LogP contribution in [-0.2, 0) is 32.3 Å². The number of carbonyl (C=O) groups is 4. The molecule has 4 amide bonds. The maximum Gasteiger partial charge on any atom is 0.414 e. The summed E-state index contributed by atoms with van der Waals surface area (Å²) in [5, 5.41) is 4.88. The zero-order chi connectivity index (χ0) is 25.8. The molecule has 0 spiro atoms. The highest BCUT2D eigenvalue weighted by Crippen LogP contribution is 2.23. The number of amides is 4. The Bertz CT molecular complexity index is 1010. The molecule has 1 saturated heterocycles. The summed E-state index contributed by atoms with van der Waals surface area (Å²) in [5.41, 5.74) is 1.63. The van der Waals surface area contributed by atoms with Crippen LogP contribution >= 0.6 is 0 Å². The van der Waals surface area contributed by atoms with E-state index in [1.165, 1.54) is 11.8 Å². The molecule has 190 valence electrons. The van der Waals surface area contributed by atoms with Crippen molar-refractivity contribution in [3.8, 4) is 0 Å². The number of rotatable bonds is 9. The minimum Gasteiger partial charge on any atom is -0.444 e. The van der Waals surface area contributed by atoms with Gasteiger partial charge in [0.05, 0.1) is 5.92 Å². The Kier molecular flexibility index (Phi) is 9.99. The lowest BCUT2D eigenvalue weighted by atomic mass is 9.93. The predicted octanol–water partition coefficient (Wildman–Crippen LogP) is 3.37. The molecule has 2 N–H and O–H groups in total. The van der Waals surface area contributed by atoms with Crippen molar-refractivity contribution in [2.45, 2.75) is 39.4 Å². The van der Waals surface area contributed by atoms with Crippen molar-refractivity contribution in [1.29, 1.82) is 0 Å². The lowest BCUT2D eigenvalue weighted by Gasteiger charge is -2.36. The van der Waals surface area contributed by atoms with Crippen LogP contribution in [0.2, 0.25) is 0 Å². The second-order valence-corrected chi connectivity index (χ2v) is 8.26. The SMILES string of the molecule is CC(=O)N1CC(CCCCN=C(NC(=O)OCc2ccccc2)NC(=O)OCc2ccccc2)C1=O. The molecule has 10 heteroatoms. The number of β-lactam (4-membered cyclic amide) rings is 1. The van der Waals surface area contributed by atoms with Gasteiger partial charge in [-0.2, -0.15) is 0 Å². The fourth-order valence-corrected chi connectivity index (χ4v) is 3.51. The molecule has 1 atom stereocenters. The van der Waals surface area contributed by atoms with Gasteiger partial charge in [0.25, 0.3) is 0 Å². The van der Waals surface area contributed by atoms with Gasteiger partial charge in [0.2, 0.25) is 17.8 Å². The van der Waals surface area contributed by atoms with Gasteiger partial charge in [-0.1, -0.05) is 67.1 Å². The highest BCUT2D eigenvalue weighted by molar-refractivity contribution is 6.01. The summed E-state index contributed by atoms with van der Waals surface area (Å²) in [4.78, 5) is 53.2. The van der Waals surface area contributed by atoms with Gasteiger partial charge in [0.15, 0.2) is 0 Å². The molecule has 1 aliphatic rings. The van der Waals surface area contributed by atoms with Gasteiger partial charge < -0.3 is 9.47 Å². The number of unbranched alkanes of at least 4 members (excludes halogenated alkanes) is 1. The van der Waals surface area contributed by atoms with Crippen molar-refractivity contribution < 1.29 is 28.7 Å². The summed E-state index contributed by atoms with van der Waals surface area (Å²) in [5.74, 6) is -0.610. The summed E-state index contributed by atoms with van der Waals surface area (Å²) >= 11 is 0. The maximum absolute atomic E-state index is 12.3. The average molecular weight is 495 g/mol. The van der Waals surface area contributed by atoms with E-state index in [0.717, 1.165) is 11.1 Å². The van der Waals surface area contributed by atoms with Gasteiger partial charge >= 0.3 is 12.2 Å². The molecule has 3 rings (SSSR count). The Morgan fingerprint density at radius 2 is 1.42 bits per heavy atom. The molecule has 0 bridgehead atoms. The number of hydrogen-bond acceptors (Lipinski definition) is 7. The first kappa shape index (κ1) is 26.4. The van der Waals surface area contributed by atoms with Crippen molar-refractivity contribution in [3.63, 3.8) is 0 Å². The van der Waals surface area contributed by atoms with Crippen LogP contribution in [0.3, 0.4) is 0 Å². The number of nitrogens with one attached hydrogen (secondary N) is 2. The summed E-state index contributed by atoms with van der Waals surface area (Å²) < 4.78 is 10.4. The van der Waals surface area contributed by atoms with E-state index in [0.29, 0.717) is 32.4 Å². The lowest BCUT2D eigenvalue weighted by Crippen LogP contribution is -2.54. The third-order valence-electron chi connectivity index (χ3n) is 5.50. The Balaban J connectivity index is 1.47. The number of ether oxygens (including phenoxy) is 2. The van der Waals surface area contributed by atoms with Crippen LogP contribution in [0.4, 0.5) is 9.59 Å². The van der Waals surface area contributed by atoms with Crippen LogP contribution in [0.15, 0.2) is 65.7 Å². The number of alkyl carbamates (subject to hydrolysis) is 2. The molecule has 0 saturated carbocycles. The number of carbonyl (C=O) groups excluding carboxylic acids is 4. The number of likely N-dealkylation sites (tertiary alicyclic amines) is 1. The summed E-state index contributed by atoms with van der Waals surface area (Å²) in [6, 6.07) is 18.4. The lowest BCUT2D eigenvalue weighted by molar-refractivity contribution is -0.157. The number of aliphatic imine (C=N–C) groups is 1. The van der Waals surface area contributed by atoms with E-state index in [1.807, 2.05) is 60.7 Å². The molecule has 0 aliphatic carbocycles. The molecular weight excluding hydrogens is 464 g/mol. The number of guanidine groups is 1. The molecule has 0 aromatic heterocycles. The van der Waals surface area contributed by atoms with E-state index in [2.05, 4.69) is 15.6 Å². The largest absolute Gasteiger partial charge is 0.444 e. The van der Waals surface area contributed by atoms with Crippen molar-refractivity contribution >= 4 is 30.0 Å². The van der Waals surface area contributed by atoms with E-state index in [-0.39, 0.29) is 36.9 Å². The van der Waals surface area contributed by atoms with Gasteiger partial charge in [-0.25, -0.2) is 9.59 Å². The van der Waals surface area contributed by atoms with Gasteiger partial charge in [0, 0.05) is 20.0 Å². The summed E-state index contributed by atoms with van der Waals surface area (Å²) in [7, 11) is 0. The van der Waals surface area contributed by atoms with Gasteiger partial charge in [-0.05, 0) is 24.0 Å². The smallest absolute Gasteiger partial charge is 0.414 e. The van der Waals surface area contributed by atoms with Crippen LogP contribution in [0, 0.1) is 5.92 Å². The van der Waals surface area contributed by atoms with Crippen LogP contribution in [0.25, 0.3) is 0 Å². The predicted molar refractivity (Wildman–Crippen MR) is 132 cm³/mol. The van der Waals surface area contributed by atoms with E-state index in [1.54, 1.807) is 0 Å². The second kappa shape index (κ2) is 13.6. The standard InChI is InChI=1S/C26H30N4O6/c1-19(31)30-16-22(23(30)32)14-8-9-15-27-24(28-25(33)35-17-20-10-4-2-5-11-20)29-26(34)36-18-21-12-6-3-7-13-21/h2-7,10-13,22H,8-9,14-18H2,1H3,(H2,27,28,29,33,34). The summed E-state index contributed by atoms with van der Waals surface area (Å²) in [6.07, 6.45) is 0.424. The minimum atomic E-state index is -0.773. The number of hydrogen-bond donors (Lipinski definition) is 2. The molecule has 1 unspecified atom stereocenters. The molecule has 10 nitrogen and oxygen atoms in total. The normalized spacial score (nSPS) is 14.3. The fourth-order valence-electron chi connectivity index (χ4n) is 3.51. The van der Waals surface area contributed by atoms with Gasteiger partial charge in [-0.15, -0.1) is 0 Å². The third kappa shape index (κ3) is 8.53. The first-order valence-corrected chi connectivity index (χ1v) is 11.7. The Labute approximate surface area is 209 Å². The quantitative estimate of drug-likeness (QED) is 0.238. The molecule has 0 radical (unpaired) electrons. The number of nitrogens with zero attached hydrogens (tertiary/aromatic N) is 2. The molecule has 1 fully saturated rings. The Hall–Kier alpha value is -4.21. The molecule has 2 aromatic rings.